The number of allylic oxidation sites excluding steroid dienone is 2. The zero-order valence-electron chi connectivity index (χ0n) is 17.8. The first kappa shape index (κ1) is 24.0. The molecular weight excluding hydrogens is 419 g/mol. The maximum Gasteiger partial charge on any atom is 0.170 e. The number of hydrogen-bond acceptors (Lipinski definition) is 3. The summed E-state index contributed by atoms with van der Waals surface area (Å²) in [7, 11) is 1.74. The summed E-state index contributed by atoms with van der Waals surface area (Å²) in [5, 5.41) is 4.65. The summed E-state index contributed by atoms with van der Waals surface area (Å²) in [6, 6.07) is 14.5. The Hall–Kier alpha value is -2.30. The lowest BCUT2D eigenvalue weighted by molar-refractivity contribution is -0.121. The maximum atomic E-state index is 12.5. The van der Waals surface area contributed by atoms with Crippen molar-refractivity contribution in [3.63, 3.8) is 0 Å². The van der Waals surface area contributed by atoms with Crippen molar-refractivity contribution in [3.8, 4) is 5.75 Å². The fourth-order valence-electron chi connectivity index (χ4n) is 2.92. The smallest absolute Gasteiger partial charge is 0.170 e. The Kier molecular flexibility index (Phi) is 9.41. The van der Waals surface area contributed by atoms with Crippen LogP contribution in [0.2, 0.25) is 10.0 Å². The average molecular weight is 447 g/mol. The molecule has 0 saturated carbocycles. The normalized spacial score (nSPS) is 13.3. The largest absolute Gasteiger partial charge is 0.486 e. The second kappa shape index (κ2) is 11.8. The molecule has 0 amide bonds. The molecule has 1 unspecified atom stereocenters. The Morgan fingerprint density at radius 1 is 1.07 bits per heavy atom. The molecule has 2 rings (SSSR count). The lowest BCUT2D eigenvalue weighted by Gasteiger charge is -2.19. The summed E-state index contributed by atoms with van der Waals surface area (Å²) in [4.78, 5) is 16.8. The van der Waals surface area contributed by atoms with E-state index in [9.17, 15) is 4.79 Å². The van der Waals surface area contributed by atoms with Crippen molar-refractivity contribution in [3.05, 3.63) is 75.9 Å². The molecule has 0 aromatic heterocycles. The topological polar surface area (TPSA) is 50.7 Å². The molecule has 0 fully saturated rings. The molecule has 0 aliphatic rings. The van der Waals surface area contributed by atoms with Crippen molar-refractivity contribution in [1.29, 1.82) is 0 Å². The molecule has 1 atom stereocenters. The Balaban J connectivity index is 1.98. The van der Waals surface area contributed by atoms with Crippen LogP contribution in [-0.4, -0.2) is 25.3 Å². The number of ether oxygens (including phenoxy) is 1. The number of rotatable bonds is 9. The van der Waals surface area contributed by atoms with Crippen molar-refractivity contribution in [1.82, 2.24) is 5.32 Å². The number of amidine groups is 1. The van der Waals surface area contributed by atoms with E-state index in [2.05, 4.69) is 30.2 Å². The van der Waals surface area contributed by atoms with Crippen LogP contribution in [0.3, 0.4) is 0 Å². The van der Waals surface area contributed by atoms with E-state index >= 15 is 0 Å². The number of aliphatic imine (C=N–C) groups is 1. The van der Waals surface area contributed by atoms with Gasteiger partial charge in [-0.05, 0) is 67.3 Å². The van der Waals surface area contributed by atoms with Gasteiger partial charge in [0.25, 0.3) is 0 Å². The quantitative estimate of drug-likeness (QED) is 0.369. The lowest BCUT2D eigenvalue weighted by Crippen LogP contribution is -2.24. The predicted molar refractivity (Wildman–Crippen MR) is 126 cm³/mol. The van der Waals surface area contributed by atoms with Gasteiger partial charge in [-0.3, -0.25) is 9.79 Å². The number of carbonyl (C=O) groups excluding carboxylic acids is 1. The first-order valence-corrected chi connectivity index (χ1v) is 10.6. The van der Waals surface area contributed by atoms with Crippen molar-refractivity contribution in [2.45, 2.75) is 27.2 Å². The molecule has 6 heteroatoms. The SMILES string of the molecule is CN=C(N/C(C)=C\C(CC(=O)COc1ccc(Cl)cc1)C(C)C)c1ccc(Cl)cc1. The van der Waals surface area contributed by atoms with Gasteiger partial charge in [0.05, 0.1) is 0 Å². The Labute approximate surface area is 189 Å². The molecule has 0 aliphatic heterocycles. The number of hydrogen-bond donors (Lipinski definition) is 1. The standard InChI is InChI=1S/C24H28Cl2N2O2/c1-16(2)19(14-22(29)15-30-23-11-9-21(26)10-12-23)13-17(3)28-24(27-4)18-5-7-20(25)8-6-18/h5-13,16,19H,14-15H2,1-4H3,(H,27,28)/b17-13-. The van der Waals surface area contributed by atoms with Gasteiger partial charge in [-0.25, -0.2) is 0 Å². The third-order valence-corrected chi connectivity index (χ3v) is 5.16. The average Bonchev–Trinajstić information content (AvgIpc) is 2.71. The summed E-state index contributed by atoms with van der Waals surface area (Å²) in [5.41, 5.74) is 1.89. The van der Waals surface area contributed by atoms with E-state index in [1.54, 1.807) is 31.3 Å². The minimum absolute atomic E-state index is 0.0393. The predicted octanol–water partition coefficient (Wildman–Crippen LogP) is 6.17. The molecule has 160 valence electrons. The number of halogens is 2. The van der Waals surface area contributed by atoms with Crippen LogP contribution in [0.25, 0.3) is 0 Å². The minimum atomic E-state index is 0.0393. The molecule has 0 saturated heterocycles. The minimum Gasteiger partial charge on any atom is -0.486 e. The second-order valence-electron chi connectivity index (χ2n) is 7.45. The van der Waals surface area contributed by atoms with E-state index in [4.69, 9.17) is 27.9 Å². The van der Waals surface area contributed by atoms with Gasteiger partial charge >= 0.3 is 0 Å². The number of Topliss-reactive ketones (excluding diaryl/α,β-unsaturated/α-hetero) is 1. The first-order chi connectivity index (χ1) is 14.3. The van der Waals surface area contributed by atoms with Gasteiger partial charge in [-0.1, -0.05) is 43.1 Å². The van der Waals surface area contributed by atoms with Crippen LogP contribution in [-0.2, 0) is 4.79 Å². The molecule has 2 aromatic rings. The third-order valence-electron chi connectivity index (χ3n) is 4.65. The highest BCUT2D eigenvalue weighted by Crippen LogP contribution is 2.20. The molecule has 1 N–H and O–H groups in total. The maximum absolute atomic E-state index is 12.5. The summed E-state index contributed by atoms with van der Waals surface area (Å²) in [6.45, 7) is 6.23. The highest BCUT2D eigenvalue weighted by Gasteiger charge is 2.17. The molecule has 30 heavy (non-hydrogen) atoms. The molecule has 4 nitrogen and oxygen atoms in total. The molecule has 0 aliphatic carbocycles. The van der Waals surface area contributed by atoms with E-state index in [0.29, 0.717) is 28.1 Å². The third kappa shape index (κ3) is 7.85. The van der Waals surface area contributed by atoms with Crippen LogP contribution in [0.15, 0.2) is 65.3 Å². The van der Waals surface area contributed by atoms with Crippen molar-refractivity contribution in [2.75, 3.05) is 13.7 Å². The Bertz CT molecular complexity index is 888. The highest BCUT2D eigenvalue weighted by molar-refractivity contribution is 6.30. The zero-order chi connectivity index (χ0) is 22.1. The highest BCUT2D eigenvalue weighted by atomic mass is 35.5. The van der Waals surface area contributed by atoms with Gasteiger partial charge in [-0.2, -0.15) is 0 Å². The van der Waals surface area contributed by atoms with Crippen LogP contribution >= 0.6 is 23.2 Å². The van der Waals surface area contributed by atoms with E-state index < -0.39 is 0 Å². The molecule has 2 aromatic carbocycles. The van der Waals surface area contributed by atoms with Crippen LogP contribution in [0.5, 0.6) is 5.75 Å². The van der Waals surface area contributed by atoms with E-state index in [1.165, 1.54) is 0 Å². The molecular formula is C24H28Cl2N2O2. The molecule has 0 bridgehead atoms. The van der Waals surface area contributed by atoms with Gasteiger partial charge in [0.1, 0.15) is 18.2 Å². The lowest BCUT2D eigenvalue weighted by atomic mass is 9.90. The first-order valence-electron chi connectivity index (χ1n) is 9.86. The monoisotopic (exact) mass is 446 g/mol. The number of carbonyl (C=O) groups is 1. The summed E-state index contributed by atoms with van der Waals surface area (Å²) in [5.74, 6) is 1.82. The van der Waals surface area contributed by atoms with Gasteiger partial charge < -0.3 is 10.1 Å². The van der Waals surface area contributed by atoms with Crippen molar-refractivity contribution in [2.24, 2.45) is 16.8 Å². The fraction of sp³-hybridized carbons (Fsp3) is 0.333. The van der Waals surface area contributed by atoms with E-state index in [1.807, 2.05) is 31.2 Å². The van der Waals surface area contributed by atoms with Crippen molar-refractivity contribution < 1.29 is 9.53 Å². The van der Waals surface area contributed by atoms with E-state index in [-0.39, 0.29) is 18.3 Å². The summed E-state index contributed by atoms with van der Waals surface area (Å²) < 4.78 is 5.58. The molecule has 0 heterocycles. The molecule has 0 radical (unpaired) electrons. The Morgan fingerprint density at radius 3 is 2.17 bits per heavy atom. The number of ketones is 1. The fourth-order valence-corrected chi connectivity index (χ4v) is 3.17. The number of nitrogens with zero attached hydrogens (tertiary/aromatic N) is 1. The van der Waals surface area contributed by atoms with Gasteiger partial charge in [0.2, 0.25) is 0 Å². The van der Waals surface area contributed by atoms with Gasteiger partial charge in [0, 0.05) is 34.8 Å². The van der Waals surface area contributed by atoms with Crippen LogP contribution in [0.4, 0.5) is 0 Å². The van der Waals surface area contributed by atoms with Crippen LogP contribution < -0.4 is 10.1 Å². The summed E-state index contributed by atoms with van der Waals surface area (Å²) >= 11 is 11.8. The van der Waals surface area contributed by atoms with Crippen molar-refractivity contribution >= 4 is 34.8 Å². The van der Waals surface area contributed by atoms with Crippen LogP contribution in [0.1, 0.15) is 32.8 Å². The molecule has 0 spiro atoms. The number of benzene rings is 2. The van der Waals surface area contributed by atoms with Gasteiger partial charge in [-0.15, -0.1) is 0 Å². The number of nitrogens with one attached hydrogen (secondary N) is 1. The second-order valence-corrected chi connectivity index (χ2v) is 8.32. The van der Waals surface area contributed by atoms with E-state index in [0.717, 1.165) is 17.1 Å². The van der Waals surface area contributed by atoms with Crippen LogP contribution in [0, 0.1) is 11.8 Å². The Morgan fingerprint density at radius 2 is 1.63 bits per heavy atom. The summed E-state index contributed by atoms with van der Waals surface area (Å²) in [6.07, 6.45) is 2.50. The van der Waals surface area contributed by atoms with Gasteiger partial charge in [0.15, 0.2) is 5.78 Å². The zero-order valence-corrected chi connectivity index (χ0v) is 19.3.